The lowest BCUT2D eigenvalue weighted by Gasteiger charge is -2.09. The average Bonchev–Trinajstić information content (AvgIpc) is 2.27. The van der Waals surface area contributed by atoms with Crippen LogP contribution in [0.2, 0.25) is 0 Å². The number of carbonyl (C=O) groups excluding carboxylic acids is 1. The predicted octanol–water partition coefficient (Wildman–Crippen LogP) is 2.23. The third-order valence-electron chi connectivity index (χ3n) is 1.89. The number of nitrogens with one attached hydrogen (secondary N) is 1. The monoisotopic (exact) mass is 248 g/mol. The highest BCUT2D eigenvalue weighted by atomic mass is 19.4. The smallest absolute Gasteiger partial charge is 0.390 e. The van der Waals surface area contributed by atoms with Gasteiger partial charge in [-0.05, 0) is 12.1 Å². The number of nitrogens with zero attached hydrogens (tertiary/aromatic N) is 1. The van der Waals surface area contributed by atoms with Crippen LogP contribution in [0.15, 0.2) is 18.3 Å². The van der Waals surface area contributed by atoms with Gasteiger partial charge in [0.2, 0.25) is 0 Å². The summed E-state index contributed by atoms with van der Waals surface area (Å²) in [6.45, 7) is -0.256. The van der Waals surface area contributed by atoms with Crippen LogP contribution in [-0.2, 0) is 4.74 Å². The summed E-state index contributed by atoms with van der Waals surface area (Å²) in [5.41, 5.74) is 0.439. The van der Waals surface area contributed by atoms with Crippen LogP contribution in [0.5, 0.6) is 0 Å². The molecule has 1 N–H and O–H groups in total. The molecule has 0 aliphatic carbocycles. The van der Waals surface area contributed by atoms with Crippen molar-refractivity contribution in [3.8, 4) is 0 Å². The van der Waals surface area contributed by atoms with Crippen molar-refractivity contribution in [2.24, 2.45) is 0 Å². The molecule has 0 saturated heterocycles. The number of hydrogen-bond acceptors (Lipinski definition) is 4. The Morgan fingerprint density at radius 1 is 1.53 bits per heavy atom. The summed E-state index contributed by atoms with van der Waals surface area (Å²) >= 11 is 0. The second-order valence-corrected chi connectivity index (χ2v) is 3.21. The second kappa shape index (κ2) is 5.51. The van der Waals surface area contributed by atoms with Crippen molar-refractivity contribution in [1.29, 1.82) is 0 Å². The number of methoxy groups -OCH3 is 1. The molecule has 94 valence electrons. The van der Waals surface area contributed by atoms with Crippen LogP contribution >= 0.6 is 0 Å². The fraction of sp³-hybridized carbons (Fsp3) is 0.400. The van der Waals surface area contributed by atoms with Crippen LogP contribution in [0.4, 0.5) is 18.9 Å². The zero-order chi connectivity index (χ0) is 12.9. The van der Waals surface area contributed by atoms with Crippen LogP contribution in [0.3, 0.4) is 0 Å². The van der Waals surface area contributed by atoms with Gasteiger partial charge in [-0.1, -0.05) is 0 Å². The summed E-state index contributed by atoms with van der Waals surface area (Å²) in [5.74, 6) is -0.635. The van der Waals surface area contributed by atoms with Crippen LogP contribution < -0.4 is 5.32 Å². The first-order valence-corrected chi connectivity index (χ1v) is 4.77. The van der Waals surface area contributed by atoms with Crippen LogP contribution in [-0.4, -0.2) is 30.8 Å². The van der Waals surface area contributed by atoms with Crippen molar-refractivity contribution in [1.82, 2.24) is 4.98 Å². The Morgan fingerprint density at radius 3 is 2.82 bits per heavy atom. The Labute approximate surface area is 95.8 Å². The van der Waals surface area contributed by atoms with Crippen LogP contribution in [0.1, 0.15) is 16.9 Å². The molecule has 1 heterocycles. The molecular formula is C10H11F3N2O2. The Kier molecular flexibility index (Phi) is 4.30. The first-order chi connectivity index (χ1) is 7.92. The number of carbonyl (C=O) groups is 1. The van der Waals surface area contributed by atoms with Gasteiger partial charge in [0.25, 0.3) is 0 Å². The summed E-state index contributed by atoms with van der Waals surface area (Å²) in [6, 6.07) is 2.81. The Hall–Kier alpha value is -1.79. The first kappa shape index (κ1) is 13.3. The van der Waals surface area contributed by atoms with E-state index in [1.54, 1.807) is 0 Å². The molecule has 0 amide bonds. The number of rotatable bonds is 4. The zero-order valence-corrected chi connectivity index (χ0v) is 9.04. The highest BCUT2D eigenvalue weighted by molar-refractivity contribution is 5.88. The fourth-order valence-electron chi connectivity index (χ4n) is 1.11. The minimum Gasteiger partial charge on any atom is -0.464 e. The maximum atomic E-state index is 11.9. The van der Waals surface area contributed by atoms with Crippen molar-refractivity contribution < 1.29 is 22.7 Å². The van der Waals surface area contributed by atoms with Crippen LogP contribution in [0.25, 0.3) is 0 Å². The molecule has 1 rings (SSSR count). The summed E-state index contributed by atoms with van der Waals surface area (Å²) in [6.07, 6.45) is -3.82. The van der Waals surface area contributed by atoms with Gasteiger partial charge < -0.3 is 10.1 Å². The molecule has 0 saturated carbocycles. The highest BCUT2D eigenvalue weighted by Gasteiger charge is 2.26. The molecular weight excluding hydrogens is 237 g/mol. The molecule has 0 spiro atoms. The van der Waals surface area contributed by atoms with Gasteiger partial charge >= 0.3 is 12.1 Å². The number of hydrogen-bond donors (Lipinski definition) is 1. The number of alkyl halides is 3. The van der Waals surface area contributed by atoms with E-state index in [4.69, 9.17) is 0 Å². The van der Waals surface area contributed by atoms with Crippen LogP contribution in [0, 0.1) is 0 Å². The molecule has 0 aromatic carbocycles. The number of aromatic nitrogens is 1. The van der Waals surface area contributed by atoms with Crippen molar-refractivity contribution in [3.05, 3.63) is 24.0 Å². The normalized spacial score (nSPS) is 11.1. The number of pyridine rings is 1. The molecule has 1 aromatic rings. The van der Waals surface area contributed by atoms with E-state index in [1.807, 2.05) is 0 Å². The minimum absolute atomic E-state index is 0.0458. The van der Waals surface area contributed by atoms with Crippen molar-refractivity contribution in [2.45, 2.75) is 12.6 Å². The zero-order valence-electron chi connectivity index (χ0n) is 9.04. The number of anilines is 1. The van der Waals surface area contributed by atoms with Gasteiger partial charge in [0.1, 0.15) is 5.69 Å². The third-order valence-corrected chi connectivity index (χ3v) is 1.89. The standard InChI is InChI=1S/C10H11F3N2O2/c1-17-9(16)8-6-7(2-4-15-8)14-5-3-10(11,12)13/h2,4,6H,3,5H2,1H3,(H,14,15). The molecule has 4 nitrogen and oxygen atoms in total. The maximum Gasteiger partial charge on any atom is 0.390 e. The van der Waals surface area contributed by atoms with Gasteiger partial charge in [-0.25, -0.2) is 9.78 Å². The maximum absolute atomic E-state index is 11.9. The summed E-state index contributed by atoms with van der Waals surface area (Å²) < 4.78 is 40.1. The van der Waals surface area contributed by atoms with E-state index in [2.05, 4.69) is 15.0 Å². The molecule has 0 aliphatic rings. The third kappa shape index (κ3) is 4.71. The molecule has 17 heavy (non-hydrogen) atoms. The molecule has 0 atom stereocenters. The summed E-state index contributed by atoms with van der Waals surface area (Å²) in [4.78, 5) is 14.8. The number of esters is 1. The molecule has 0 aliphatic heterocycles. The summed E-state index contributed by atoms with van der Waals surface area (Å²) in [5, 5.41) is 2.55. The fourth-order valence-corrected chi connectivity index (χ4v) is 1.11. The average molecular weight is 248 g/mol. The molecule has 1 aromatic heterocycles. The molecule has 7 heteroatoms. The topological polar surface area (TPSA) is 51.2 Å². The van der Waals surface area contributed by atoms with Gasteiger partial charge in [-0.15, -0.1) is 0 Å². The molecule has 0 unspecified atom stereocenters. The SMILES string of the molecule is COC(=O)c1cc(NCCC(F)(F)F)ccn1. The van der Waals surface area contributed by atoms with E-state index < -0.39 is 18.6 Å². The van der Waals surface area contributed by atoms with Gasteiger partial charge in [0, 0.05) is 18.4 Å². The first-order valence-electron chi connectivity index (χ1n) is 4.77. The van der Waals surface area contributed by atoms with Gasteiger partial charge in [0.15, 0.2) is 0 Å². The predicted molar refractivity (Wildman–Crippen MR) is 54.7 cm³/mol. The van der Waals surface area contributed by atoms with Gasteiger partial charge in [-0.3, -0.25) is 0 Å². The van der Waals surface area contributed by atoms with Crippen molar-refractivity contribution in [2.75, 3.05) is 19.0 Å². The van der Waals surface area contributed by atoms with Crippen molar-refractivity contribution in [3.63, 3.8) is 0 Å². The lowest BCUT2D eigenvalue weighted by molar-refractivity contribution is -0.131. The minimum atomic E-state index is -4.20. The van der Waals surface area contributed by atoms with E-state index in [0.29, 0.717) is 5.69 Å². The quantitative estimate of drug-likeness (QED) is 0.830. The lowest BCUT2D eigenvalue weighted by Crippen LogP contribution is -2.15. The Morgan fingerprint density at radius 2 is 2.24 bits per heavy atom. The Bertz CT molecular complexity index is 393. The lowest BCUT2D eigenvalue weighted by atomic mass is 10.3. The highest BCUT2D eigenvalue weighted by Crippen LogP contribution is 2.19. The van der Waals surface area contributed by atoms with E-state index >= 15 is 0 Å². The van der Waals surface area contributed by atoms with Crippen molar-refractivity contribution >= 4 is 11.7 Å². The van der Waals surface area contributed by atoms with Gasteiger partial charge in [0.05, 0.1) is 13.5 Å². The van der Waals surface area contributed by atoms with E-state index in [0.717, 1.165) is 0 Å². The van der Waals surface area contributed by atoms with E-state index in [1.165, 1.54) is 25.4 Å². The van der Waals surface area contributed by atoms with E-state index in [9.17, 15) is 18.0 Å². The molecule has 0 radical (unpaired) electrons. The van der Waals surface area contributed by atoms with E-state index in [-0.39, 0.29) is 12.2 Å². The molecule has 0 bridgehead atoms. The summed E-state index contributed by atoms with van der Waals surface area (Å²) in [7, 11) is 1.20. The Balaban J connectivity index is 2.57. The largest absolute Gasteiger partial charge is 0.464 e. The van der Waals surface area contributed by atoms with Gasteiger partial charge in [-0.2, -0.15) is 13.2 Å². The molecule has 0 fully saturated rings. The number of ether oxygens (including phenoxy) is 1. The second-order valence-electron chi connectivity index (χ2n) is 3.21. The number of halogens is 3.